The fraction of sp³-hybridized carbons (Fsp3) is 0.312. The van der Waals surface area contributed by atoms with Gasteiger partial charge in [-0.2, -0.15) is 0 Å². The summed E-state index contributed by atoms with van der Waals surface area (Å²) in [6.45, 7) is 1.97. The predicted molar refractivity (Wildman–Crippen MR) is 77.2 cm³/mol. The second-order valence-corrected chi connectivity index (χ2v) is 4.62. The third-order valence-electron chi connectivity index (χ3n) is 3.46. The third-order valence-corrected chi connectivity index (χ3v) is 3.46. The van der Waals surface area contributed by atoms with Crippen molar-refractivity contribution in [3.05, 3.63) is 53.9 Å². The van der Waals surface area contributed by atoms with E-state index in [4.69, 9.17) is 9.47 Å². The molecule has 2 rings (SSSR count). The summed E-state index contributed by atoms with van der Waals surface area (Å²) in [6.07, 6.45) is 2.77. The zero-order valence-electron chi connectivity index (χ0n) is 11.9. The number of nitrogens with zero attached hydrogens (tertiary/aromatic N) is 1. The topological polar surface area (TPSA) is 51.6 Å². The largest absolute Gasteiger partial charge is 0.497 e. The van der Waals surface area contributed by atoms with Gasteiger partial charge >= 0.3 is 0 Å². The normalized spacial score (nSPS) is 13.6. The quantitative estimate of drug-likeness (QED) is 0.910. The van der Waals surface area contributed by atoms with Crippen LogP contribution < -0.4 is 9.47 Å². The Morgan fingerprint density at radius 2 is 1.75 bits per heavy atom. The van der Waals surface area contributed by atoms with Gasteiger partial charge in [0, 0.05) is 23.9 Å². The van der Waals surface area contributed by atoms with E-state index in [1.807, 2.05) is 25.1 Å². The van der Waals surface area contributed by atoms with E-state index in [-0.39, 0.29) is 5.92 Å². The molecule has 0 amide bonds. The minimum absolute atomic E-state index is 0.0704. The van der Waals surface area contributed by atoms with Gasteiger partial charge in [0.05, 0.1) is 20.3 Å². The zero-order chi connectivity index (χ0) is 14.5. The number of pyridine rings is 1. The standard InChI is InChI=1S/C16H19NO3/c1-11(12-6-8-17-9-7-12)16(18)14-10-13(19-2)4-5-15(14)20-3/h4-11,16,18H,1-3H3. The Morgan fingerprint density at radius 1 is 1.05 bits per heavy atom. The number of ether oxygens (including phenoxy) is 2. The van der Waals surface area contributed by atoms with Crippen LogP contribution in [0.15, 0.2) is 42.7 Å². The molecule has 2 aromatic rings. The Kier molecular flexibility index (Phi) is 4.58. The first-order valence-corrected chi connectivity index (χ1v) is 6.47. The number of benzene rings is 1. The van der Waals surface area contributed by atoms with Crippen LogP contribution in [0.2, 0.25) is 0 Å². The molecule has 1 N–H and O–H groups in total. The van der Waals surface area contributed by atoms with Gasteiger partial charge in [0.2, 0.25) is 0 Å². The van der Waals surface area contributed by atoms with Crippen LogP contribution in [0.5, 0.6) is 11.5 Å². The van der Waals surface area contributed by atoms with E-state index < -0.39 is 6.10 Å². The summed E-state index contributed by atoms with van der Waals surface area (Å²) < 4.78 is 10.5. The second-order valence-electron chi connectivity index (χ2n) is 4.62. The molecular weight excluding hydrogens is 254 g/mol. The lowest BCUT2D eigenvalue weighted by atomic mass is 9.91. The molecule has 0 aliphatic heterocycles. The first-order chi connectivity index (χ1) is 9.67. The maximum absolute atomic E-state index is 10.6. The summed E-state index contributed by atoms with van der Waals surface area (Å²) in [5.74, 6) is 1.28. The SMILES string of the molecule is COc1ccc(OC)c(C(O)C(C)c2ccncc2)c1. The van der Waals surface area contributed by atoms with Crippen molar-refractivity contribution in [2.24, 2.45) is 0 Å². The van der Waals surface area contributed by atoms with Gasteiger partial charge in [-0.3, -0.25) is 4.98 Å². The Balaban J connectivity index is 2.34. The number of hydrogen-bond acceptors (Lipinski definition) is 4. The van der Waals surface area contributed by atoms with Crippen molar-refractivity contribution in [3.63, 3.8) is 0 Å². The lowest BCUT2D eigenvalue weighted by Gasteiger charge is -2.22. The lowest BCUT2D eigenvalue weighted by Crippen LogP contribution is -2.09. The van der Waals surface area contributed by atoms with Gasteiger partial charge in [-0.25, -0.2) is 0 Å². The second kappa shape index (κ2) is 6.39. The highest BCUT2D eigenvalue weighted by Gasteiger charge is 2.22. The molecule has 4 heteroatoms. The maximum Gasteiger partial charge on any atom is 0.124 e. The number of methoxy groups -OCH3 is 2. The fourth-order valence-corrected chi connectivity index (χ4v) is 2.19. The van der Waals surface area contributed by atoms with Crippen LogP contribution >= 0.6 is 0 Å². The number of rotatable bonds is 5. The molecule has 106 valence electrons. The smallest absolute Gasteiger partial charge is 0.124 e. The van der Waals surface area contributed by atoms with E-state index in [0.717, 1.165) is 11.1 Å². The van der Waals surface area contributed by atoms with Crippen LogP contribution in [0.1, 0.15) is 30.1 Å². The predicted octanol–water partition coefficient (Wildman–Crippen LogP) is 2.94. The van der Waals surface area contributed by atoms with Gasteiger partial charge in [-0.1, -0.05) is 6.92 Å². The highest BCUT2D eigenvalue weighted by molar-refractivity contribution is 5.43. The number of aliphatic hydroxyl groups is 1. The Labute approximate surface area is 119 Å². The van der Waals surface area contributed by atoms with E-state index in [1.165, 1.54) is 0 Å². The Bertz CT molecular complexity index is 557. The van der Waals surface area contributed by atoms with Gasteiger partial charge in [-0.15, -0.1) is 0 Å². The molecular formula is C16H19NO3. The Hall–Kier alpha value is -2.07. The van der Waals surface area contributed by atoms with Crippen LogP contribution in [0.4, 0.5) is 0 Å². The molecule has 0 radical (unpaired) electrons. The Morgan fingerprint density at radius 3 is 2.35 bits per heavy atom. The van der Waals surface area contributed by atoms with Gasteiger partial charge < -0.3 is 14.6 Å². The average Bonchev–Trinajstić information content (AvgIpc) is 2.53. The van der Waals surface area contributed by atoms with Crippen LogP contribution in [0.3, 0.4) is 0 Å². The van der Waals surface area contributed by atoms with Crippen molar-refractivity contribution >= 4 is 0 Å². The molecule has 1 aromatic heterocycles. The monoisotopic (exact) mass is 273 g/mol. The molecule has 0 aliphatic rings. The molecule has 4 nitrogen and oxygen atoms in total. The molecule has 1 heterocycles. The first kappa shape index (κ1) is 14.3. The zero-order valence-corrected chi connectivity index (χ0v) is 11.9. The molecule has 0 aliphatic carbocycles. The lowest BCUT2D eigenvalue weighted by molar-refractivity contribution is 0.147. The summed E-state index contributed by atoms with van der Waals surface area (Å²) in [5.41, 5.74) is 1.74. The number of aromatic nitrogens is 1. The van der Waals surface area contributed by atoms with Crippen LogP contribution in [0, 0.1) is 0 Å². The molecule has 0 saturated carbocycles. The fourth-order valence-electron chi connectivity index (χ4n) is 2.19. The maximum atomic E-state index is 10.6. The van der Waals surface area contributed by atoms with Crippen molar-refractivity contribution in [2.45, 2.75) is 18.9 Å². The molecule has 1 aromatic carbocycles. The summed E-state index contributed by atoms with van der Waals surface area (Å²) in [7, 11) is 3.19. The van der Waals surface area contributed by atoms with Crippen LogP contribution in [0.25, 0.3) is 0 Å². The van der Waals surface area contributed by atoms with Crippen molar-refractivity contribution < 1.29 is 14.6 Å². The van der Waals surface area contributed by atoms with E-state index in [1.54, 1.807) is 38.7 Å². The van der Waals surface area contributed by atoms with Crippen molar-refractivity contribution in [1.82, 2.24) is 4.98 Å². The summed E-state index contributed by atoms with van der Waals surface area (Å²) in [5, 5.41) is 10.6. The molecule has 20 heavy (non-hydrogen) atoms. The molecule has 0 fully saturated rings. The van der Waals surface area contributed by atoms with Gasteiger partial charge in [0.25, 0.3) is 0 Å². The minimum Gasteiger partial charge on any atom is -0.497 e. The van der Waals surface area contributed by atoms with Gasteiger partial charge in [0.15, 0.2) is 0 Å². The van der Waals surface area contributed by atoms with Gasteiger partial charge in [0.1, 0.15) is 11.5 Å². The molecule has 2 atom stereocenters. The van der Waals surface area contributed by atoms with Crippen molar-refractivity contribution in [2.75, 3.05) is 14.2 Å². The van der Waals surface area contributed by atoms with Crippen molar-refractivity contribution in [1.29, 1.82) is 0 Å². The van der Waals surface area contributed by atoms with E-state index in [9.17, 15) is 5.11 Å². The molecule has 0 bridgehead atoms. The summed E-state index contributed by atoms with van der Waals surface area (Å²) in [4.78, 5) is 3.99. The highest BCUT2D eigenvalue weighted by atomic mass is 16.5. The minimum atomic E-state index is -0.678. The molecule has 2 unspecified atom stereocenters. The first-order valence-electron chi connectivity index (χ1n) is 6.47. The van der Waals surface area contributed by atoms with Crippen molar-refractivity contribution in [3.8, 4) is 11.5 Å². The van der Waals surface area contributed by atoms with Crippen LogP contribution in [-0.4, -0.2) is 24.3 Å². The third kappa shape index (κ3) is 2.91. The van der Waals surface area contributed by atoms with E-state index >= 15 is 0 Å². The molecule has 0 saturated heterocycles. The van der Waals surface area contributed by atoms with Gasteiger partial charge in [-0.05, 0) is 35.9 Å². The number of aliphatic hydroxyl groups excluding tert-OH is 1. The highest BCUT2D eigenvalue weighted by Crippen LogP contribution is 2.37. The van der Waals surface area contributed by atoms with E-state index in [0.29, 0.717) is 11.5 Å². The van der Waals surface area contributed by atoms with E-state index in [2.05, 4.69) is 4.98 Å². The molecule has 0 spiro atoms. The summed E-state index contributed by atoms with van der Waals surface area (Å²) >= 11 is 0. The summed E-state index contributed by atoms with van der Waals surface area (Å²) in [6, 6.07) is 9.23. The number of hydrogen-bond donors (Lipinski definition) is 1. The average molecular weight is 273 g/mol. The van der Waals surface area contributed by atoms with Crippen LogP contribution in [-0.2, 0) is 0 Å².